The van der Waals surface area contributed by atoms with Crippen LogP contribution < -0.4 is 16.2 Å². The lowest BCUT2D eigenvalue weighted by Gasteiger charge is -2.17. The van der Waals surface area contributed by atoms with Gasteiger partial charge in [0, 0.05) is 23.4 Å². The number of carbonyl (C=O) groups is 3. The molecule has 0 aliphatic carbocycles. The monoisotopic (exact) mass is 372 g/mol. The zero-order valence-corrected chi connectivity index (χ0v) is 13.9. The van der Waals surface area contributed by atoms with Crippen LogP contribution in [0.3, 0.4) is 0 Å². The molecule has 10 nitrogen and oxygen atoms in total. The Morgan fingerprint density at radius 1 is 1.04 bits per heavy atom. The molecule has 0 aliphatic heterocycles. The Hall–Kier alpha value is -3.79. The third-order valence-corrected chi connectivity index (χ3v) is 3.44. The molecule has 2 amide bonds. The van der Waals surface area contributed by atoms with Crippen LogP contribution in [0.25, 0.3) is 0 Å². The molecule has 1 atom stereocenters. The lowest BCUT2D eigenvalue weighted by atomic mass is 10.2. The van der Waals surface area contributed by atoms with Gasteiger partial charge in [0.25, 0.3) is 11.6 Å². The number of benzene rings is 2. The molecule has 0 radical (unpaired) electrons. The van der Waals surface area contributed by atoms with Gasteiger partial charge in [-0.25, -0.2) is 5.43 Å². The molecule has 0 aromatic heterocycles. The first-order chi connectivity index (χ1) is 12.9. The van der Waals surface area contributed by atoms with Gasteiger partial charge in [-0.15, -0.1) is 0 Å². The van der Waals surface area contributed by atoms with E-state index in [2.05, 4.69) is 16.2 Å². The van der Waals surface area contributed by atoms with Crippen molar-refractivity contribution in [3.63, 3.8) is 0 Å². The Balaban J connectivity index is 2.01. The molecule has 2 rings (SSSR count). The Morgan fingerprint density at radius 3 is 2.22 bits per heavy atom. The van der Waals surface area contributed by atoms with Gasteiger partial charge < -0.3 is 10.4 Å². The quantitative estimate of drug-likeness (QED) is 0.403. The maximum absolute atomic E-state index is 12.3. The predicted molar refractivity (Wildman–Crippen MR) is 94.8 cm³/mol. The predicted octanol–water partition coefficient (Wildman–Crippen LogP) is 1.31. The topological polar surface area (TPSA) is 151 Å². The fraction of sp³-hybridized carbons (Fsp3) is 0.118. The van der Waals surface area contributed by atoms with Crippen molar-refractivity contribution in [2.45, 2.75) is 12.5 Å². The normalized spacial score (nSPS) is 11.3. The second-order valence-corrected chi connectivity index (χ2v) is 5.41. The molecule has 4 N–H and O–H groups in total. The largest absolute Gasteiger partial charge is 0.481 e. The smallest absolute Gasteiger partial charge is 0.305 e. The first-order valence-electron chi connectivity index (χ1n) is 7.75. The summed E-state index contributed by atoms with van der Waals surface area (Å²) in [6.45, 7) is 0. The third kappa shape index (κ3) is 5.90. The molecule has 27 heavy (non-hydrogen) atoms. The summed E-state index contributed by atoms with van der Waals surface area (Å²) in [4.78, 5) is 45.3. The number of hydrogen-bond acceptors (Lipinski definition) is 6. The zero-order chi connectivity index (χ0) is 19.8. The van der Waals surface area contributed by atoms with E-state index < -0.39 is 35.2 Å². The van der Waals surface area contributed by atoms with Crippen LogP contribution in [0.15, 0.2) is 54.6 Å². The summed E-state index contributed by atoms with van der Waals surface area (Å²) in [5, 5.41) is 22.0. The van der Waals surface area contributed by atoms with Gasteiger partial charge in [0.15, 0.2) is 0 Å². The van der Waals surface area contributed by atoms with Crippen molar-refractivity contribution in [1.29, 1.82) is 0 Å². The van der Waals surface area contributed by atoms with Crippen LogP contribution in [0.1, 0.15) is 16.8 Å². The Morgan fingerprint density at radius 2 is 1.67 bits per heavy atom. The van der Waals surface area contributed by atoms with E-state index in [1.165, 1.54) is 24.3 Å². The van der Waals surface area contributed by atoms with Crippen LogP contribution in [-0.2, 0) is 9.59 Å². The minimum absolute atomic E-state index is 0.150. The van der Waals surface area contributed by atoms with Gasteiger partial charge >= 0.3 is 5.97 Å². The van der Waals surface area contributed by atoms with Gasteiger partial charge in [-0.05, 0) is 24.3 Å². The summed E-state index contributed by atoms with van der Waals surface area (Å²) < 4.78 is 0. The highest BCUT2D eigenvalue weighted by Crippen LogP contribution is 2.15. The molecule has 0 bridgehead atoms. The van der Waals surface area contributed by atoms with E-state index >= 15 is 0 Å². The summed E-state index contributed by atoms with van der Waals surface area (Å²) in [5.74, 6) is -2.51. The third-order valence-electron chi connectivity index (χ3n) is 3.44. The molecule has 0 saturated carbocycles. The van der Waals surface area contributed by atoms with Gasteiger partial charge in [-0.2, -0.15) is 0 Å². The number of nitrogens with one attached hydrogen (secondary N) is 3. The number of amides is 2. The van der Waals surface area contributed by atoms with Crippen molar-refractivity contribution in [2.24, 2.45) is 0 Å². The molecule has 10 heteroatoms. The molecule has 140 valence electrons. The molecule has 0 spiro atoms. The Kier molecular flexibility index (Phi) is 6.55. The molecule has 2 aromatic carbocycles. The van der Waals surface area contributed by atoms with Gasteiger partial charge in [-0.3, -0.25) is 29.9 Å². The van der Waals surface area contributed by atoms with Gasteiger partial charge in [-0.1, -0.05) is 18.2 Å². The Labute approximate surface area is 153 Å². The second kappa shape index (κ2) is 9.06. The minimum atomic E-state index is -1.26. The standard InChI is InChI=1S/C17H16N4O6/c22-15(23)10-14(19-20-16(24)11-4-2-1-3-5-11)17(25)18-12-6-8-13(9-7-12)21(26)27/h1-9,14,19H,10H2,(H,18,25)(H,20,24)(H,22,23)/t14-/m0/s1. The highest BCUT2D eigenvalue weighted by atomic mass is 16.6. The number of nitro groups is 1. The first kappa shape index (κ1) is 19.5. The van der Waals surface area contributed by atoms with E-state index in [-0.39, 0.29) is 11.4 Å². The van der Waals surface area contributed by atoms with Crippen LogP contribution in [0.2, 0.25) is 0 Å². The number of anilines is 1. The van der Waals surface area contributed by atoms with E-state index in [1.807, 2.05) is 0 Å². The minimum Gasteiger partial charge on any atom is -0.481 e. The number of hydrogen-bond donors (Lipinski definition) is 4. The van der Waals surface area contributed by atoms with Gasteiger partial charge in [0.1, 0.15) is 6.04 Å². The average Bonchev–Trinajstić information content (AvgIpc) is 2.65. The number of hydrazine groups is 1. The molecule has 0 fully saturated rings. The lowest BCUT2D eigenvalue weighted by Crippen LogP contribution is -2.50. The SMILES string of the molecule is O=C(O)C[C@H](NNC(=O)c1ccccc1)C(=O)Nc1ccc([N+](=O)[O-])cc1. The van der Waals surface area contributed by atoms with Crippen molar-refractivity contribution in [1.82, 2.24) is 10.9 Å². The molecular formula is C17H16N4O6. The molecular weight excluding hydrogens is 356 g/mol. The van der Waals surface area contributed by atoms with Crippen molar-refractivity contribution >= 4 is 29.2 Å². The van der Waals surface area contributed by atoms with Crippen molar-refractivity contribution < 1.29 is 24.4 Å². The zero-order valence-electron chi connectivity index (χ0n) is 13.9. The summed E-state index contributed by atoms with van der Waals surface area (Å²) in [5.41, 5.74) is 5.12. The van der Waals surface area contributed by atoms with Gasteiger partial charge in [0.05, 0.1) is 11.3 Å². The van der Waals surface area contributed by atoms with Crippen LogP contribution >= 0.6 is 0 Å². The number of carboxylic acids is 1. The van der Waals surface area contributed by atoms with E-state index in [0.717, 1.165) is 0 Å². The van der Waals surface area contributed by atoms with Crippen LogP contribution in [0.5, 0.6) is 0 Å². The molecule has 0 unspecified atom stereocenters. The fourth-order valence-corrected chi connectivity index (χ4v) is 2.09. The summed E-state index contributed by atoms with van der Waals surface area (Å²) >= 11 is 0. The van der Waals surface area contributed by atoms with Crippen LogP contribution in [0, 0.1) is 10.1 Å². The fourth-order valence-electron chi connectivity index (χ4n) is 2.09. The van der Waals surface area contributed by atoms with Crippen molar-refractivity contribution in [2.75, 3.05) is 5.32 Å². The highest BCUT2D eigenvalue weighted by Gasteiger charge is 2.22. The molecule has 0 saturated heterocycles. The number of aliphatic carboxylic acids is 1. The maximum atomic E-state index is 12.3. The number of carbonyl (C=O) groups excluding carboxylic acids is 2. The lowest BCUT2D eigenvalue weighted by molar-refractivity contribution is -0.384. The number of carboxylic acid groups (broad SMARTS) is 1. The van der Waals surface area contributed by atoms with Crippen molar-refractivity contribution in [3.05, 3.63) is 70.3 Å². The number of non-ortho nitro benzene ring substituents is 1. The summed E-state index contributed by atoms with van der Waals surface area (Å²) in [6, 6.07) is 11.9. The Bertz CT molecular complexity index is 838. The maximum Gasteiger partial charge on any atom is 0.305 e. The van der Waals surface area contributed by atoms with Crippen LogP contribution in [0.4, 0.5) is 11.4 Å². The van der Waals surface area contributed by atoms with E-state index in [4.69, 9.17) is 5.11 Å². The molecule has 2 aromatic rings. The van der Waals surface area contributed by atoms with E-state index in [9.17, 15) is 24.5 Å². The summed E-state index contributed by atoms with van der Waals surface area (Å²) in [7, 11) is 0. The summed E-state index contributed by atoms with van der Waals surface area (Å²) in [6.07, 6.45) is -0.589. The highest BCUT2D eigenvalue weighted by molar-refractivity contribution is 5.98. The number of nitro benzene ring substituents is 1. The number of rotatable bonds is 8. The second-order valence-electron chi connectivity index (χ2n) is 5.41. The first-order valence-corrected chi connectivity index (χ1v) is 7.75. The van der Waals surface area contributed by atoms with Gasteiger partial charge in [0.2, 0.25) is 5.91 Å². The van der Waals surface area contributed by atoms with Crippen LogP contribution in [-0.4, -0.2) is 33.9 Å². The average molecular weight is 372 g/mol. The van der Waals surface area contributed by atoms with E-state index in [1.54, 1.807) is 30.3 Å². The number of nitrogens with zero attached hydrogens (tertiary/aromatic N) is 1. The molecule has 0 heterocycles. The van der Waals surface area contributed by atoms with Crippen molar-refractivity contribution in [3.8, 4) is 0 Å². The molecule has 0 aliphatic rings. The van der Waals surface area contributed by atoms with E-state index in [0.29, 0.717) is 5.56 Å².